The van der Waals surface area contributed by atoms with Crippen molar-refractivity contribution >= 4 is 5.78 Å². The Morgan fingerprint density at radius 2 is 1.50 bits per heavy atom. The first-order valence-electron chi connectivity index (χ1n) is 8.83. The van der Waals surface area contributed by atoms with Crippen molar-refractivity contribution in [3.63, 3.8) is 0 Å². The van der Waals surface area contributed by atoms with Gasteiger partial charge in [0, 0.05) is 22.5 Å². The molecule has 1 aromatic heterocycles. The van der Waals surface area contributed by atoms with Crippen molar-refractivity contribution in [3.05, 3.63) is 93.4 Å². The van der Waals surface area contributed by atoms with Gasteiger partial charge >= 0.3 is 0 Å². The number of aromatic hydroxyl groups is 1. The van der Waals surface area contributed by atoms with Crippen molar-refractivity contribution in [2.45, 2.75) is 25.7 Å². The van der Waals surface area contributed by atoms with Crippen molar-refractivity contribution in [1.82, 2.24) is 4.57 Å². The summed E-state index contributed by atoms with van der Waals surface area (Å²) in [6.07, 6.45) is 3.29. The van der Waals surface area contributed by atoms with E-state index in [0.717, 1.165) is 29.8 Å². The topological polar surface area (TPSA) is 59.3 Å². The van der Waals surface area contributed by atoms with Gasteiger partial charge in [-0.05, 0) is 37.8 Å². The number of ketones is 1. The maximum absolute atomic E-state index is 13.3. The molecule has 4 rings (SSSR count). The average molecular weight is 345 g/mol. The highest BCUT2D eigenvalue weighted by Gasteiger charge is 2.28. The Bertz CT molecular complexity index is 1020. The standard InChI is InChI=1S/C22H19NO3/c24-20(15-9-3-1-4-10-15)19-21(25)17-13-7-8-14-18(17)23(22(19)26)16-11-5-2-6-12-16/h1-6,9-12,25H,7-8,13-14H2. The molecule has 0 aliphatic heterocycles. The fraction of sp³-hybridized carbons (Fsp3) is 0.182. The summed E-state index contributed by atoms with van der Waals surface area (Å²) in [4.78, 5) is 26.2. The molecule has 1 heterocycles. The summed E-state index contributed by atoms with van der Waals surface area (Å²) in [5, 5.41) is 10.8. The zero-order valence-electron chi connectivity index (χ0n) is 14.3. The number of rotatable bonds is 3. The third-order valence-electron chi connectivity index (χ3n) is 4.93. The summed E-state index contributed by atoms with van der Waals surface area (Å²) in [5.74, 6) is -0.586. The number of hydrogen-bond acceptors (Lipinski definition) is 3. The molecule has 0 radical (unpaired) electrons. The number of benzene rings is 2. The highest BCUT2D eigenvalue weighted by atomic mass is 16.3. The Hall–Kier alpha value is -3.14. The van der Waals surface area contributed by atoms with Gasteiger partial charge in [0.15, 0.2) is 0 Å². The number of pyridine rings is 1. The van der Waals surface area contributed by atoms with Crippen molar-refractivity contribution in [2.75, 3.05) is 0 Å². The molecule has 0 unspecified atom stereocenters. The second-order valence-corrected chi connectivity index (χ2v) is 6.53. The highest BCUT2D eigenvalue weighted by molar-refractivity contribution is 6.10. The van der Waals surface area contributed by atoms with E-state index in [4.69, 9.17) is 0 Å². The van der Waals surface area contributed by atoms with Crippen LogP contribution in [0.4, 0.5) is 0 Å². The van der Waals surface area contributed by atoms with E-state index in [1.807, 2.05) is 36.4 Å². The number of carbonyl (C=O) groups excluding carboxylic acids is 1. The minimum Gasteiger partial charge on any atom is -0.507 e. The molecule has 0 saturated heterocycles. The molecule has 1 aliphatic carbocycles. The van der Waals surface area contributed by atoms with Crippen LogP contribution >= 0.6 is 0 Å². The van der Waals surface area contributed by atoms with Gasteiger partial charge in [-0.1, -0.05) is 48.5 Å². The molecule has 4 heteroatoms. The summed E-state index contributed by atoms with van der Waals surface area (Å²) in [6, 6.07) is 17.9. The molecule has 1 aliphatic rings. The first kappa shape index (κ1) is 16.3. The monoisotopic (exact) mass is 345 g/mol. The number of nitrogens with zero attached hydrogens (tertiary/aromatic N) is 1. The van der Waals surface area contributed by atoms with E-state index in [2.05, 4.69) is 0 Å². The molecule has 0 atom stereocenters. The number of fused-ring (bicyclic) bond motifs is 1. The lowest BCUT2D eigenvalue weighted by atomic mass is 9.91. The lowest BCUT2D eigenvalue weighted by Gasteiger charge is -2.23. The van der Waals surface area contributed by atoms with Crippen LogP contribution in [-0.4, -0.2) is 15.5 Å². The van der Waals surface area contributed by atoms with Gasteiger partial charge in [-0.25, -0.2) is 0 Å². The average Bonchev–Trinajstić information content (AvgIpc) is 2.69. The molecule has 0 bridgehead atoms. The van der Waals surface area contributed by atoms with Crippen molar-refractivity contribution in [2.24, 2.45) is 0 Å². The SMILES string of the molecule is O=C(c1ccccc1)c1c(O)c2c(n(-c3ccccc3)c1=O)CCCC2. The molecular formula is C22H19NO3. The Morgan fingerprint density at radius 3 is 2.19 bits per heavy atom. The summed E-state index contributed by atoms with van der Waals surface area (Å²) >= 11 is 0. The van der Waals surface area contributed by atoms with Crippen LogP contribution in [0.3, 0.4) is 0 Å². The van der Waals surface area contributed by atoms with E-state index in [-0.39, 0.29) is 11.3 Å². The first-order chi connectivity index (χ1) is 12.7. The van der Waals surface area contributed by atoms with Gasteiger partial charge in [0.1, 0.15) is 11.3 Å². The summed E-state index contributed by atoms with van der Waals surface area (Å²) < 4.78 is 1.60. The molecule has 2 aromatic carbocycles. The largest absolute Gasteiger partial charge is 0.507 e. The van der Waals surface area contributed by atoms with Crippen LogP contribution in [-0.2, 0) is 12.8 Å². The van der Waals surface area contributed by atoms with Gasteiger partial charge < -0.3 is 5.11 Å². The smallest absolute Gasteiger partial charge is 0.270 e. The maximum Gasteiger partial charge on any atom is 0.270 e. The molecule has 0 saturated carbocycles. The van der Waals surface area contributed by atoms with Crippen LogP contribution in [0.2, 0.25) is 0 Å². The van der Waals surface area contributed by atoms with Crippen LogP contribution in [0.15, 0.2) is 65.5 Å². The molecule has 130 valence electrons. The number of para-hydroxylation sites is 1. The van der Waals surface area contributed by atoms with Crippen LogP contribution in [0, 0.1) is 0 Å². The predicted octanol–water partition coefficient (Wildman–Crippen LogP) is 3.65. The lowest BCUT2D eigenvalue weighted by Crippen LogP contribution is -2.31. The summed E-state index contributed by atoms with van der Waals surface area (Å²) in [5.41, 5.74) is 2.06. The number of carbonyl (C=O) groups is 1. The van der Waals surface area contributed by atoms with E-state index in [1.54, 1.807) is 28.8 Å². The number of aromatic nitrogens is 1. The molecule has 0 amide bonds. The predicted molar refractivity (Wildman–Crippen MR) is 100 cm³/mol. The Kier molecular flexibility index (Phi) is 4.17. The van der Waals surface area contributed by atoms with Crippen molar-refractivity contribution in [1.29, 1.82) is 0 Å². The second kappa shape index (κ2) is 6.64. The van der Waals surface area contributed by atoms with Gasteiger partial charge in [-0.15, -0.1) is 0 Å². The quantitative estimate of drug-likeness (QED) is 0.737. The van der Waals surface area contributed by atoms with Gasteiger partial charge in [-0.3, -0.25) is 14.2 Å². The normalized spacial score (nSPS) is 13.2. The third kappa shape index (κ3) is 2.64. The zero-order valence-corrected chi connectivity index (χ0v) is 14.3. The van der Waals surface area contributed by atoms with E-state index in [9.17, 15) is 14.7 Å². The van der Waals surface area contributed by atoms with Gasteiger partial charge in [0.2, 0.25) is 5.78 Å². The van der Waals surface area contributed by atoms with E-state index < -0.39 is 11.3 Å². The molecular weight excluding hydrogens is 326 g/mol. The fourth-order valence-corrected chi connectivity index (χ4v) is 3.67. The lowest BCUT2D eigenvalue weighted by molar-refractivity contribution is 0.103. The molecule has 1 N–H and O–H groups in total. The Labute approximate surface area is 151 Å². The maximum atomic E-state index is 13.3. The molecule has 26 heavy (non-hydrogen) atoms. The zero-order chi connectivity index (χ0) is 18.1. The van der Waals surface area contributed by atoms with Crippen LogP contribution < -0.4 is 5.56 Å². The molecule has 0 spiro atoms. The molecule has 4 nitrogen and oxygen atoms in total. The molecule has 3 aromatic rings. The number of hydrogen-bond donors (Lipinski definition) is 1. The Balaban J connectivity index is 2.02. The van der Waals surface area contributed by atoms with Gasteiger partial charge in [-0.2, -0.15) is 0 Å². The Morgan fingerprint density at radius 1 is 0.885 bits per heavy atom. The van der Waals surface area contributed by atoms with Crippen LogP contribution in [0.1, 0.15) is 40.0 Å². The van der Waals surface area contributed by atoms with Crippen molar-refractivity contribution in [3.8, 4) is 11.4 Å². The van der Waals surface area contributed by atoms with E-state index in [1.165, 1.54) is 0 Å². The first-order valence-corrected chi connectivity index (χ1v) is 8.83. The van der Waals surface area contributed by atoms with Crippen LogP contribution in [0.5, 0.6) is 5.75 Å². The van der Waals surface area contributed by atoms with Gasteiger partial charge in [0.25, 0.3) is 5.56 Å². The van der Waals surface area contributed by atoms with Crippen LogP contribution in [0.25, 0.3) is 5.69 Å². The second-order valence-electron chi connectivity index (χ2n) is 6.53. The summed E-state index contributed by atoms with van der Waals surface area (Å²) in [7, 11) is 0. The minimum absolute atomic E-state index is 0.138. The molecule has 0 fully saturated rings. The highest BCUT2D eigenvalue weighted by Crippen LogP contribution is 2.32. The fourth-order valence-electron chi connectivity index (χ4n) is 3.67. The third-order valence-corrected chi connectivity index (χ3v) is 4.93. The summed E-state index contributed by atoms with van der Waals surface area (Å²) in [6.45, 7) is 0. The van der Waals surface area contributed by atoms with E-state index in [0.29, 0.717) is 18.4 Å². The minimum atomic E-state index is -0.455. The van der Waals surface area contributed by atoms with Crippen molar-refractivity contribution < 1.29 is 9.90 Å². The van der Waals surface area contributed by atoms with Gasteiger partial charge in [0.05, 0.1) is 0 Å². The van der Waals surface area contributed by atoms with E-state index >= 15 is 0 Å².